The Kier molecular flexibility index (Phi) is 7.48. The van der Waals surface area contributed by atoms with Crippen molar-refractivity contribution in [1.82, 2.24) is 9.80 Å². The largest absolute Gasteiger partial charge is 0.497 e. The van der Waals surface area contributed by atoms with E-state index in [-0.39, 0.29) is 29.2 Å². The summed E-state index contributed by atoms with van der Waals surface area (Å²) in [5.41, 5.74) is 0.760. The Bertz CT molecular complexity index is 1170. The first-order valence-corrected chi connectivity index (χ1v) is 11.6. The second-order valence-corrected chi connectivity index (χ2v) is 8.75. The smallest absolute Gasteiger partial charge is 0.289 e. The molecular weight excluding hydrogens is 454 g/mol. The molecule has 1 saturated heterocycles. The summed E-state index contributed by atoms with van der Waals surface area (Å²) in [5, 5.41) is 0. The van der Waals surface area contributed by atoms with Crippen molar-refractivity contribution >= 4 is 11.8 Å². The minimum absolute atomic E-state index is 0.0894. The number of hydrogen-bond donors (Lipinski definition) is 0. The maximum atomic E-state index is 14.2. The number of carbonyl (C=O) groups is 2. The van der Waals surface area contributed by atoms with Gasteiger partial charge in [-0.3, -0.25) is 9.59 Å². The Morgan fingerprint density at radius 1 is 1.11 bits per heavy atom. The zero-order valence-electron chi connectivity index (χ0n) is 19.7. The van der Waals surface area contributed by atoms with Crippen LogP contribution in [-0.2, 0) is 6.42 Å². The first kappa shape index (κ1) is 24.4. The third-order valence-electron chi connectivity index (χ3n) is 6.68. The van der Waals surface area contributed by atoms with Crippen LogP contribution >= 0.6 is 0 Å². The lowest BCUT2D eigenvalue weighted by atomic mass is 9.84. The molecule has 1 aromatic heterocycles. The number of hydrogen-bond acceptors (Lipinski definition) is 4. The van der Waals surface area contributed by atoms with E-state index in [1.807, 2.05) is 24.3 Å². The second-order valence-electron chi connectivity index (χ2n) is 8.75. The standard InChI is InChI=1S/C27H28F2N2O4/c1-30(27(33)24-10-5-15-35-24)23(17-18-6-3-7-20(16-18)34-2)19-11-13-31(14-12-19)26(32)21-8-4-9-22(28)25(21)29/h3-10,15-16,19,23H,11-14,17H2,1-2H3/t23-/m1/s1. The molecule has 1 aliphatic heterocycles. The topological polar surface area (TPSA) is 63.0 Å². The monoisotopic (exact) mass is 482 g/mol. The van der Waals surface area contributed by atoms with Gasteiger partial charge in [0.1, 0.15) is 5.75 Å². The van der Waals surface area contributed by atoms with E-state index in [1.165, 1.54) is 18.4 Å². The molecule has 8 heteroatoms. The highest BCUT2D eigenvalue weighted by atomic mass is 19.2. The molecule has 3 aromatic rings. The van der Waals surface area contributed by atoms with Gasteiger partial charge in [-0.25, -0.2) is 8.78 Å². The molecular formula is C27H28F2N2O4. The Labute approximate surface area is 203 Å². The van der Waals surface area contributed by atoms with Crippen molar-refractivity contribution in [2.75, 3.05) is 27.2 Å². The molecule has 4 rings (SSSR count). The van der Waals surface area contributed by atoms with Crippen LogP contribution in [0.25, 0.3) is 0 Å². The van der Waals surface area contributed by atoms with E-state index in [9.17, 15) is 18.4 Å². The molecule has 0 spiro atoms. The lowest BCUT2D eigenvalue weighted by molar-refractivity contribution is 0.0502. The number of furan rings is 1. The molecule has 2 heterocycles. The van der Waals surface area contributed by atoms with Crippen molar-refractivity contribution in [2.45, 2.75) is 25.3 Å². The Hall–Kier alpha value is -3.68. The molecule has 2 aromatic carbocycles. The van der Waals surface area contributed by atoms with E-state index >= 15 is 0 Å². The zero-order chi connectivity index (χ0) is 24.9. The van der Waals surface area contributed by atoms with Crippen LogP contribution in [0.2, 0.25) is 0 Å². The van der Waals surface area contributed by atoms with Gasteiger partial charge in [0, 0.05) is 26.2 Å². The lowest BCUT2D eigenvalue weighted by Crippen LogP contribution is -2.48. The second kappa shape index (κ2) is 10.7. The van der Waals surface area contributed by atoms with Crippen LogP contribution in [0.5, 0.6) is 5.75 Å². The summed E-state index contributed by atoms with van der Waals surface area (Å²) >= 11 is 0. The molecule has 1 aliphatic rings. The number of amides is 2. The number of rotatable bonds is 7. The summed E-state index contributed by atoms with van der Waals surface area (Å²) in [7, 11) is 3.37. The van der Waals surface area contributed by atoms with E-state index in [4.69, 9.17) is 9.15 Å². The number of likely N-dealkylation sites (N-methyl/N-ethyl adjacent to an activating group) is 1. The van der Waals surface area contributed by atoms with Gasteiger partial charge in [0.2, 0.25) is 0 Å². The van der Waals surface area contributed by atoms with E-state index in [1.54, 1.807) is 36.1 Å². The van der Waals surface area contributed by atoms with Crippen LogP contribution in [0.3, 0.4) is 0 Å². The molecule has 0 bridgehead atoms. The highest BCUT2D eigenvalue weighted by Gasteiger charge is 2.34. The van der Waals surface area contributed by atoms with E-state index in [2.05, 4.69) is 0 Å². The first-order valence-electron chi connectivity index (χ1n) is 11.6. The van der Waals surface area contributed by atoms with Gasteiger partial charge in [-0.1, -0.05) is 18.2 Å². The number of nitrogens with zero attached hydrogens (tertiary/aromatic N) is 2. The van der Waals surface area contributed by atoms with Gasteiger partial charge in [-0.15, -0.1) is 0 Å². The third kappa shape index (κ3) is 5.37. The zero-order valence-corrected chi connectivity index (χ0v) is 19.7. The normalized spacial score (nSPS) is 15.0. The van der Waals surface area contributed by atoms with Gasteiger partial charge in [-0.05, 0) is 67.1 Å². The van der Waals surface area contributed by atoms with Crippen LogP contribution in [-0.4, -0.2) is 54.9 Å². The number of halogens is 2. The molecule has 0 unspecified atom stereocenters. The maximum Gasteiger partial charge on any atom is 0.289 e. The molecule has 0 radical (unpaired) electrons. The molecule has 0 N–H and O–H groups in total. The van der Waals surface area contributed by atoms with Crippen molar-refractivity contribution < 1.29 is 27.5 Å². The van der Waals surface area contributed by atoms with Gasteiger partial charge in [-0.2, -0.15) is 0 Å². The molecule has 1 atom stereocenters. The van der Waals surface area contributed by atoms with Gasteiger partial charge in [0.05, 0.1) is 18.9 Å². The summed E-state index contributed by atoms with van der Waals surface area (Å²) in [6, 6.07) is 14.5. The molecule has 2 amide bonds. The molecule has 1 fully saturated rings. The van der Waals surface area contributed by atoms with Crippen molar-refractivity contribution in [3.63, 3.8) is 0 Å². The number of likely N-dealkylation sites (tertiary alicyclic amines) is 1. The average Bonchev–Trinajstić information content (AvgIpc) is 3.43. The van der Waals surface area contributed by atoms with Gasteiger partial charge in [0.15, 0.2) is 17.4 Å². The van der Waals surface area contributed by atoms with Crippen LogP contribution in [0, 0.1) is 17.6 Å². The maximum absolute atomic E-state index is 14.2. The summed E-state index contributed by atoms with van der Waals surface area (Å²) < 4.78 is 38.5. The van der Waals surface area contributed by atoms with Crippen molar-refractivity contribution in [3.05, 3.63) is 89.4 Å². The summed E-state index contributed by atoms with van der Waals surface area (Å²) in [6.45, 7) is 0.772. The molecule has 0 saturated carbocycles. The molecule has 184 valence electrons. The van der Waals surface area contributed by atoms with Crippen LogP contribution in [0.4, 0.5) is 8.78 Å². The van der Waals surface area contributed by atoms with Crippen molar-refractivity contribution in [1.29, 1.82) is 0 Å². The van der Waals surface area contributed by atoms with Crippen LogP contribution in [0.15, 0.2) is 65.3 Å². The number of piperidine rings is 1. The van der Waals surface area contributed by atoms with E-state index in [0.29, 0.717) is 32.4 Å². The highest BCUT2D eigenvalue weighted by molar-refractivity contribution is 5.94. The fourth-order valence-corrected chi connectivity index (χ4v) is 4.71. The van der Waals surface area contributed by atoms with Gasteiger partial charge < -0.3 is 19.0 Å². The van der Waals surface area contributed by atoms with Crippen LogP contribution in [0.1, 0.15) is 39.3 Å². The van der Waals surface area contributed by atoms with Gasteiger partial charge >= 0.3 is 0 Å². The molecule has 0 aliphatic carbocycles. The summed E-state index contributed by atoms with van der Waals surface area (Å²) in [6.07, 6.45) is 3.30. The number of ether oxygens (including phenoxy) is 1. The van der Waals surface area contributed by atoms with Crippen molar-refractivity contribution in [2.24, 2.45) is 5.92 Å². The summed E-state index contributed by atoms with van der Waals surface area (Å²) in [4.78, 5) is 29.2. The van der Waals surface area contributed by atoms with E-state index in [0.717, 1.165) is 17.4 Å². The first-order chi connectivity index (χ1) is 16.9. The van der Waals surface area contributed by atoms with Crippen molar-refractivity contribution in [3.8, 4) is 5.75 Å². The van der Waals surface area contributed by atoms with Crippen LogP contribution < -0.4 is 4.74 Å². The number of carbonyl (C=O) groups excluding carboxylic acids is 2. The lowest BCUT2D eigenvalue weighted by Gasteiger charge is -2.40. The fourth-order valence-electron chi connectivity index (χ4n) is 4.71. The number of methoxy groups -OCH3 is 1. The highest BCUT2D eigenvalue weighted by Crippen LogP contribution is 2.29. The minimum atomic E-state index is -1.13. The predicted molar refractivity (Wildman–Crippen MR) is 126 cm³/mol. The minimum Gasteiger partial charge on any atom is -0.497 e. The molecule has 35 heavy (non-hydrogen) atoms. The average molecular weight is 483 g/mol. The molecule has 6 nitrogen and oxygen atoms in total. The Morgan fingerprint density at radius 3 is 2.54 bits per heavy atom. The SMILES string of the molecule is COc1cccc(C[C@H](C2CCN(C(=O)c3cccc(F)c3F)CC2)N(C)C(=O)c2ccco2)c1. The quantitative estimate of drug-likeness (QED) is 0.485. The fraction of sp³-hybridized carbons (Fsp3) is 0.333. The third-order valence-corrected chi connectivity index (χ3v) is 6.68. The van der Waals surface area contributed by atoms with Gasteiger partial charge in [0.25, 0.3) is 11.8 Å². The predicted octanol–water partition coefficient (Wildman–Crippen LogP) is 4.80. The number of benzene rings is 2. The summed E-state index contributed by atoms with van der Waals surface area (Å²) in [5.74, 6) is -1.82. The Morgan fingerprint density at radius 2 is 1.86 bits per heavy atom. The van der Waals surface area contributed by atoms with E-state index < -0.39 is 17.5 Å². The Balaban J connectivity index is 1.52.